The van der Waals surface area contributed by atoms with Crippen LogP contribution in [0.3, 0.4) is 0 Å². The summed E-state index contributed by atoms with van der Waals surface area (Å²) in [5.74, 6) is 0.644. The van der Waals surface area contributed by atoms with E-state index in [0.717, 1.165) is 0 Å². The summed E-state index contributed by atoms with van der Waals surface area (Å²) in [6.07, 6.45) is 0. The molecule has 0 saturated heterocycles. The molecule has 0 aromatic heterocycles. The second kappa shape index (κ2) is 6.57. The van der Waals surface area contributed by atoms with Crippen molar-refractivity contribution in [1.82, 2.24) is 0 Å². The van der Waals surface area contributed by atoms with E-state index in [-0.39, 0.29) is 10.6 Å². The first-order chi connectivity index (χ1) is 10.5. The molecule has 118 valence electrons. The molecular weight excluding hydrogens is 304 g/mol. The Morgan fingerprint density at radius 2 is 1.59 bits per heavy atom. The summed E-state index contributed by atoms with van der Waals surface area (Å²) in [6.45, 7) is 0. The lowest BCUT2D eigenvalue weighted by Gasteiger charge is -2.15. The summed E-state index contributed by atoms with van der Waals surface area (Å²) < 4.78 is 38.1. The molecule has 2 rings (SSSR count). The molecule has 0 bridgehead atoms. The Balaban J connectivity index is 2.50. The molecule has 0 saturated carbocycles. The highest BCUT2D eigenvalue weighted by atomic mass is 32.2. The van der Waals surface area contributed by atoms with E-state index in [1.807, 2.05) is 6.07 Å². The summed E-state index contributed by atoms with van der Waals surface area (Å²) in [5, 5.41) is 2.93. The maximum atomic E-state index is 12.6. The van der Waals surface area contributed by atoms with Gasteiger partial charge in [-0.3, -0.25) is 4.72 Å². The first kappa shape index (κ1) is 16.0. The van der Waals surface area contributed by atoms with Gasteiger partial charge in [0.1, 0.15) is 16.4 Å². The summed E-state index contributed by atoms with van der Waals surface area (Å²) in [7, 11) is 0.815. The molecule has 7 heteroatoms. The summed E-state index contributed by atoms with van der Waals surface area (Å²) in [5.41, 5.74) is 1.11. The van der Waals surface area contributed by atoms with Crippen LogP contribution in [0.5, 0.6) is 11.5 Å². The van der Waals surface area contributed by atoms with Crippen molar-refractivity contribution in [3.63, 3.8) is 0 Å². The zero-order chi connectivity index (χ0) is 16.2. The van der Waals surface area contributed by atoms with Crippen LogP contribution >= 0.6 is 0 Å². The molecule has 0 radical (unpaired) electrons. The third-order valence-electron chi connectivity index (χ3n) is 3.07. The van der Waals surface area contributed by atoms with Crippen LogP contribution in [0.2, 0.25) is 0 Å². The number of rotatable bonds is 6. The van der Waals surface area contributed by atoms with Crippen LogP contribution in [0.1, 0.15) is 0 Å². The van der Waals surface area contributed by atoms with Crippen molar-refractivity contribution in [1.29, 1.82) is 0 Å². The summed E-state index contributed by atoms with van der Waals surface area (Å²) >= 11 is 0. The minimum Gasteiger partial charge on any atom is -0.495 e. The van der Waals surface area contributed by atoms with Gasteiger partial charge in [0.15, 0.2) is 0 Å². The molecule has 0 atom stereocenters. The fraction of sp³-hybridized carbons (Fsp3) is 0.200. The van der Waals surface area contributed by atoms with Crippen LogP contribution in [-0.4, -0.2) is 29.7 Å². The molecule has 0 spiro atoms. The lowest BCUT2D eigenvalue weighted by molar-refractivity contribution is 0.393. The maximum absolute atomic E-state index is 12.6. The third-order valence-corrected chi connectivity index (χ3v) is 4.47. The lowest BCUT2D eigenvalue weighted by atomic mass is 10.2. The van der Waals surface area contributed by atoms with Crippen molar-refractivity contribution in [2.75, 3.05) is 31.3 Å². The van der Waals surface area contributed by atoms with Gasteiger partial charge in [-0.25, -0.2) is 8.42 Å². The van der Waals surface area contributed by atoms with Crippen LogP contribution in [0, 0.1) is 0 Å². The fourth-order valence-corrected chi connectivity index (χ4v) is 3.22. The Bertz CT molecular complexity index is 746. The van der Waals surface area contributed by atoms with E-state index in [0.29, 0.717) is 17.1 Å². The monoisotopic (exact) mass is 322 g/mol. The quantitative estimate of drug-likeness (QED) is 0.855. The number of hydrogen-bond donors (Lipinski definition) is 2. The molecule has 2 N–H and O–H groups in total. The molecule has 2 aromatic rings. The van der Waals surface area contributed by atoms with Gasteiger partial charge >= 0.3 is 0 Å². The second-order valence-corrected chi connectivity index (χ2v) is 6.08. The Morgan fingerprint density at radius 3 is 2.14 bits per heavy atom. The van der Waals surface area contributed by atoms with E-state index in [1.165, 1.54) is 20.3 Å². The summed E-state index contributed by atoms with van der Waals surface area (Å²) in [6, 6.07) is 11.7. The van der Waals surface area contributed by atoms with Gasteiger partial charge in [0.25, 0.3) is 10.0 Å². The Hall–Kier alpha value is -2.41. The molecule has 0 heterocycles. The number of methoxy groups -OCH3 is 2. The van der Waals surface area contributed by atoms with E-state index in [2.05, 4.69) is 10.0 Å². The van der Waals surface area contributed by atoms with Crippen molar-refractivity contribution < 1.29 is 17.9 Å². The molecule has 0 aliphatic carbocycles. The van der Waals surface area contributed by atoms with Gasteiger partial charge in [0, 0.05) is 24.9 Å². The Labute approximate surface area is 130 Å². The second-order valence-electron chi connectivity index (χ2n) is 4.42. The summed E-state index contributed by atoms with van der Waals surface area (Å²) in [4.78, 5) is 0.00898. The number of para-hydroxylation sites is 1. The average Bonchev–Trinajstić information content (AvgIpc) is 2.53. The maximum Gasteiger partial charge on any atom is 0.265 e. The minimum absolute atomic E-state index is 0.00898. The number of nitrogens with one attached hydrogen (secondary N) is 2. The van der Waals surface area contributed by atoms with Crippen molar-refractivity contribution in [2.24, 2.45) is 0 Å². The van der Waals surface area contributed by atoms with E-state index >= 15 is 0 Å². The van der Waals surface area contributed by atoms with Crippen LogP contribution in [-0.2, 0) is 10.0 Å². The standard InChI is InChI=1S/C15H18N2O4S/c1-16-12-9-14(21-3)15(10-13(12)20-2)22(18,19)17-11-7-5-4-6-8-11/h4-10,16-17H,1-3H3. The van der Waals surface area contributed by atoms with Crippen molar-refractivity contribution in [2.45, 2.75) is 4.90 Å². The smallest absolute Gasteiger partial charge is 0.265 e. The average molecular weight is 322 g/mol. The van der Waals surface area contributed by atoms with E-state index in [9.17, 15) is 8.42 Å². The SMILES string of the molecule is CNc1cc(OC)c(S(=O)(=O)Nc2ccccc2)cc1OC. The van der Waals surface area contributed by atoms with E-state index in [1.54, 1.807) is 37.4 Å². The van der Waals surface area contributed by atoms with Gasteiger partial charge in [-0.05, 0) is 12.1 Å². The van der Waals surface area contributed by atoms with Gasteiger partial charge in [-0.1, -0.05) is 18.2 Å². The molecule has 22 heavy (non-hydrogen) atoms. The topological polar surface area (TPSA) is 76.7 Å². The number of sulfonamides is 1. The first-order valence-electron chi connectivity index (χ1n) is 6.53. The molecule has 0 amide bonds. The van der Waals surface area contributed by atoms with Gasteiger partial charge in [-0.2, -0.15) is 0 Å². The Morgan fingerprint density at radius 1 is 0.955 bits per heavy atom. The van der Waals surface area contributed by atoms with Crippen LogP contribution in [0.25, 0.3) is 0 Å². The molecule has 0 aliphatic rings. The van der Waals surface area contributed by atoms with Gasteiger partial charge in [-0.15, -0.1) is 0 Å². The molecule has 0 unspecified atom stereocenters. The van der Waals surface area contributed by atoms with Crippen molar-refractivity contribution in [3.8, 4) is 11.5 Å². The highest BCUT2D eigenvalue weighted by Crippen LogP contribution is 2.35. The molecule has 2 aromatic carbocycles. The molecule has 6 nitrogen and oxygen atoms in total. The molecular formula is C15H18N2O4S. The van der Waals surface area contributed by atoms with Gasteiger partial charge < -0.3 is 14.8 Å². The largest absolute Gasteiger partial charge is 0.495 e. The molecule has 0 aliphatic heterocycles. The number of hydrogen-bond acceptors (Lipinski definition) is 5. The van der Waals surface area contributed by atoms with Crippen molar-refractivity contribution in [3.05, 3.63) is 42.5 Å². The highest BCUT2D eigenvalue weighted by Gasteiger charge is 2.22. The minimum atomic E-state index is -3.80. The first-order valence-corrected chi connectivity index (χ1v) is 8.01. The number of benzene rings is 2. The predicted octanol–water partition coefficient (Wildman–Crippen LogP) is 2.55. The lowest BCUT2D eigenvalue weighted by Crippen LogP contribution is -2.14. The van der Waals surface area contributed by atoms with Gasteiger partial charge in [0.05, 0.1) is 19.9 Å². The van der Waals surface area contributed by atoms with Crippen LogP contribution in [0.15, 0.2) is 47.4 Å². The van der Waals surface area contributed by atoms with Crippen molar-refractivity contribution >= 4 is 21.4 Å². The number of anilines is 2. The van der Waals surface area contributed by atoms with E-state index in [4.69, 9.17) is 9.47 Å². The molecule has 0 fully saturated rings. The number of ether oxygens (including phenoxy) is 2. The highest BCUT2D eigenvalue weighted by molar-refractivity contribution is 7.92. The van der Waals surface area contributed by atoms with Gasteiger partial charge in [0.2, 0.25) is 0 Å². The van der Waals surface area contributed by atoms with E-state index < -0.39 is 10.0 Å². The predicted molar refractivity (Wildman–Crippen MR) is 86.3 cm³/mol. The Kier molecular flexibility index (Phi) is 4.77. The zero-order valence-corrected chi connectivity index (χ0v) is 13.4. The normalized spacial score (nSPS) is 10.9. The zero-order valence-electron chi connectivity index (χ0n) is 12.6. The van der Waals surface area contributed by atoms with Crippen LogP contribution < -0.4 is 19.5 Å². The van der Waals surface area contributed by atoms with Crippen LogP contribution in [0.4, 0.5) is 11.4 Å². The fourth-order valence-electron chi connectivity index (χ4n) is 1.99. The third kappa shape index (κ3) is 3.25.